The van der Waals surface area contributed by atoms with Gasteiger partial charge < -0.3 is 10.2 Å². The normalized spacial score (nSPS) is 15.7. The summed E-state index contributed by atoms with van der Waals surface area (Å²) < 4.78 is 0. The predicted octanol–water partition coefficient (Wildman–Crippen LogP) is 3.59. The Morgan fingerprint density at radius 1 is 1.35 bits per heavy atom. The van der Waals surface area contributed by atoms with Crippen molar-refractivity contribution in [3.8, 4) is 0 Å². The maximum Gasteiger partial charge on any atom is 0.0600 e. The lowest BCUT2D eigenvalue weighted by atomic mass is 10.1. The fourth-order valence-corrected chi connectivity index (χ4v) is 2.35. The van der Waals surface area contributed by atoms with Crippen LogP contribution in [-0.2, 0) is 6.54 Å². The molecule has 2 rings (SSSR count). The maximum absolute atomic E-state index is 4.35. The zero-order valence-electron chi connectivity index (χ0n) is 13.6. The van der Waals surface area contributed by atoms with E-state index in [1.54, 1.807) is 0 Å². The average Bonchev–Trinajstić information content (AvgIpc) is 3.17. The van der Waals surface area contributed by atoms with Crippen LogP contribution in [0.5, 0.6) is 0 Å². The number of aromatic nitrogens is 1. The largest absolute Gasteiger partial charge is 0.367 e. The van der Waals surface area contributed by atoms with Crippen LogP contribution >= 0.6 is 0 Å². The van der Waals surface area contributed by atoms with Gasteiger partial charge in [-0.25, -0.2) is 0 Å². The number of rotatable bonds is 6. The Labute approximate surface area is 123 Å². The third-order valence-electron chi connectivity index (χ3n) is 3.78. The van der Waals surface area contributed by atoms with Gasteiger partial charge in [-0.1, -0.05) is 0 Å². The van der Waals surface area contributed by atoms with E-state index in [0.29, 0.717) is 6.04 Å². The van der Waals surface area contributed by atoms with Crippen molar-refractivity contribution in [2.45, 2.75) is 65.6 Å². The van der Waals surface area contributed by atoms with Crippen LogP contribution < -0.4 is 10.2 Å². The smallest absolute Gasteiger partial charge is 0.0600 e. The van der Waals surface area contributed by atoms with Gasteiger partial charge in [-0.15, -0.1) is 0 Å². The molecule has 0 atom stereocenters. The van der Waals surface area contributed by atoms with Crippen LogP contribution in [0.1, 0.15) is 53.0 Å². The molecule has 0 amide bonds. The predicted molar refractivity (Wildman–Crippen MR) is 86.0 cm³/mol. The van der Waals surface area contributed by atoms with Crippen molar-refractivity contribution in [3.05, 3.63) is 24.0 Å². The van der Waals surface area contributed by atoms with E-state index in [0.717, 1.165) is 12.5 Å². The molecule has 1 aliphatic carbocycles. The first kappa shape index (κ1) is 15.3. The molecule has 1 saturated carbocycles. The third kappa shape index (κ3) is 4.48. The van der Waals surface area contributed by atoms with Gasteiger partial charge >= 0.3 is 0 Å². The summed E-state index contributed by atoms with van der Waals surface area (Å²) in [5, 5.41) is 3.59. The minimum Gasteiger partial charge on any atom is -0.367 e. The molecule has 0 aromatic carbocycles. The van der Waals surface area contributed by atoms with Crippen molar-refractivity contribution in [2.24, 2.45) is 5.92 Å². The summed E-state index contributed by atoms with van der Waals surface area (Å²) in [5.74, 6) is 0.890. The van der Waals surface area contributed by atoms with Gasteiger partial charge in [-0.2, -0.15) is 0 Å². The second-order valence-electron chi connectivity index (χ2n) is 7.30. The Kier molecular flexibility index (Phi) is 4.69. The van der Waals surface area contributed by atoms with E-state index >= 15 is 0 Å². The Hall–Kier alpha value is -1.09. The summed E-state index contributed by atoms with van der Waals surface area (Å²) in [7, 11) is 0. The minimum absolute atomic E-state index is 0.139. The minimum atomic E-state index is 0.139. The van der Waals surface area contributed by atoms with Gasteiger partial charge in [0.2, 0.25) is 0 Å². The van der Waals surface area contributed by atoms with Crippen molar-refractivity contribution in [3.63, 3.8) is 0 Å². The molecule has 0 unspecified atom stereocenters. The zero-order chi connectivity index (χ0) is 14.8. The van der Waals surface area contributed by atoms with Crippen LogP contribution in [0.3, 0.4) is 0 Å². The van der Waals surface area contributed by atoms with Gasteiger partial charge in [-0.05, 0) is 65.0 Å². The summed E-state index contributed by atoms with van der Waals surface area (Å²) >= 11 is 0. The summed E-state index contributed by atoms with van der Waals surface area (Å²) in [4.78, 5) is 6.87. The molecule has 0 bridgehead atoms. The van der Waals surface area contributed by atoms with Gasteiger partial charge in [0.15, 0.2) is 0 Å². The van der Waals surface area contributed by atoms with Crippen molar-refractivity contribution in [1.82, 2.24) is 10.3 Å². The standard InChI is InChI=1S/C17H29N3/c1-13(2)20(12-14-6-7-14)16-11-18-9-8-15(16)10-19-17(3,4)5/h8-9,11,13-14,19H,6-7,10,12H2,1-5H3. The molecular weight excluding hydrogens is 246 g/mol. The highest BCUT2D eigenvalue weighted by Crippen LogP contribution is 2.33. The van der Waals surface area contributed by atoms with Gasteiger partial charge in [0, 0.05) is 30.9 Å². The number of hydrogen-bond donors (Lipinski definition) is 1. The summed E-state index contributed by atoms with van der Waals surface area (Å²) in [5.41, 5.74) is 2.79. The van der Waals surface area contributed by atoms with Gasteiger partial charge in [0.05, 0.1) is 11.9 Å². The molecule has 0 saturated heterocycles. The molecule has 1 aromatic heterocycles. The maximum atomic E-state index is 4.35. The molecule has 0 spiro atoms. The molecule has 1 fully saturated rings. The molecule has 112 valence electrons. The van der Waals surface area contributed by atoms with E-state index in [1.165, 1.54) is 30.6 Å². The van der Waals surface area contributed by atoms with Gasteiger partial charge in [0.25, 0.3) is 0 Å². The summed E-state index contributed by atoms with van der Waals surface area (Å²) in [6, 6.07) is 2.67. The van der Waals surface area contributed by atoms with Gasteiger partial charge in [0.1, 0.15) is 0 Å². The van der Waals surface area contributed by atoms with Crippen molar-refractivity contribution in [2.75, 3.05) is 11.4 Å². The van der Waals surface area contributed by atoms with E-state index < -0.39 is 0 Å². The quantitative estimate of drug-likeness (QED) is 0.860. The molecule has 1 aliphatic rings. The van der Waals surface area contributed by atoms with E-state index in [-0.39, 0.29) is 5.54 Å². The number of hydrogen-bond acceptors (Lipinski definition) is 3. The number of pyridine rings is 1. The van der Waals surface area contributed by atoms with Crippen LogP contribution in [0.15, 0.2) is 18.5 Å². The van der Waals surface area contributed by atoms with E-state index in [4.69, 9.17) is 0 Å². The molecule has 1 N–H and O–H groups in total. The number of nitrogens with one attached hydrogen (secondary N) is 1. The lowest BCUT2D eigenvalue weighted by Gasteiger charge is -2.31. The zero-order valence-corrected chi connectivity index (χ0v) is 13.6. The van der Waals surface area contributed by atoms with Crippen LogP contribution in [0.4, 0.5) is 5.69 Å². The molecule has 3 nitrogen and oxygen atoms in total. The Bertz CT molecular complexity index is 430. The molecule has 1 aromatic rings. The molecule has 20 heavy (non-hydrogen) atoms. The Balaban J connectivity index is 2.15. The fourth-order valence-electron chi connectivity index (χ4n) is 2.35. The van der Waals surface area contributed by atoms with E-state index in [2.05, 4.69) is 55.9 Å². The first-order valence-corrected chi connectivity index (χ1v) is 7.81. The molecule has 1 heterocycles. The summed E-state index contributed by atoms with van der Waals surface area (Å²) in [6.45, 7) is 13.2. The highest BCUT2D eigenvalue weighted by Gasteiger charge is 2.26. The molecule has 3 heteroatoms. The van der Waals surface area contributed by atoms with Crippen LogP contribution in [0.25, 0.3) is 0 Å². The first-order valence-electron chi connectivity index (χ1n) is 7.81. The number of anilines is 1. The topological polar surface area (TPSA) is 28.2 Å². The second kappa shape index (κ2) is 6.13. The summed E-state index contributed by atoms with van der Waals surface area (Å²) in [6.07, 6.45) is 6.71. The van der Waals surface area contributed by atoms with Crippen molar-refractivity contribution >= 4 is 5.69 Å². The Morgan fingerprint density at radius 3 is 2.60 bits per heavy atom. The average molecular weight is 275 g/mol. The van der Waals surface area contributed by atoms with Crippen LogP contribution in [0.2, 0.25) is 0 Å². The monoisotopic (exact) mass is 275 g/mol. The lowest BCUT2D eigenvalue weighted by Crippen LogP contribution is -2.37. The third-order valence-corrected chi connectivity index (χ3v) is 3.78. The molecule has 0 aliphatic heterocycles. The highest BCUT2D eigenvalue weighted by molar-refractivity contribution is 5.52. The van der Waals surface area contributed by atoms with E-state index in [9.17, 15) is 0 Å². The SMILES string of the molecule is CC(C)N(CC1CC1)c1cnccc1CNC(C)(C)C. The van der Waals surface area contributed by atoms with Crippen LogP contribution in [-0.4, -0.2) is 23.1 Å². The van der Waals surface area contributed by atoms with Gasteiger partial charge in [-0.3, -0.25) is 4.98 Å². The second-order valence-corrected chi connectivity index (χ2v) is 7.30. The lowest BCUT2D eigenvalue weighted by molar-refractivity contribution is 0.424. The molecular formula is C17H29N3. The Morgan fingerprint density at radius 2 is 2.05 bits per heavy atom. The highest BCUT2D eigenvalue weighted by atomic mass is 15.2. The van der Waals surface area contributed by atoms with Crippen LogP contribution in [0, 0.1) is 5.92 Å². The van der Waals surface area contributed by atoms with E-state index in [1.807, 2.05) is 12.4 Å². The fraction of sp³-hybridized carbons (Fsp3) is 0.706. The van der Waals surface area contributed by atoms with Crippen molar-refractivity contribution < 1.29 is 0 Å². The number of nitrogens with zero attached hydrogens (tertiary/aromatic N) is 2. The first-order chi connectivity index (χ1) is 9.37. The van der Waals surface area contributed by atoms with Crippen molar-refractivity contribution in [1.29, 1.82) is 0 Å². The molecule has 0 radical (unpaired) electrons.